The third-order valence-corrected chi connectivity index (χ3v) is 6.13. The molecule has 1 saturated carbocycles. The number of aliphatic hydroxyl groups excluding tert-OH is 1. The topological polar surface area (TPSA) is 93.4 Å². The molecule has 1 unspecified atom stereocenters. The molecule has 176 valence electrons. The molecule has 2 N–H and O–H groups in total. The lowest BCUT2D eigenvalue weighted by molar-refractivity contribution is 0.108. The van der Waals surface area contributed by atoms with Crippen LogP contribution in [0.2, 0.25) is 0 Å². The summed E-state index contributed by atoms with van der Waals surface area (Å²) in [7, 11) is 3.43. The van der Waals surface area contributed by atoms with E-state index in [-0.39, 0.29) is 6.61 Å². The van der Waals surface area contributed by atoms with Crippen molar-refractivity contribution in [3.63, 3.8) is 0 Å². The molecule has 0 amide bonds. The summed E-state index contributed by atoms with van der Waals surface area (Å²) >= 11 is 0. The van der Waals surface area contributed by atoms with E-state index in [9.17, 15) is 5.11 Å². The molecule has 2 fully saturated rings. The van der Waals surface area contributed by atoms with Gasteiger partial charge in [0.25, 0.3) is 0 Å². The highest BCUT2D eigenvalue weighted by Gasteiger charge is 2.29. The van der Waals surface area contributed by atoms with E-state index in [1.165, 1.54) is 18.4 Å². The number of nitrogens with one attached hydrogen (secondary N) is 1. The van der Waals surface area contributed by atoms with Gasteiger partial charge in [0.15, 0.2) is 5.65 Å². The molecular formula is C24H31N5O4. The molecule has 1 aliphatic carbocycles. The number of benzene rings is 1. The fourth-order valence-electron chi connectivity index (χ4n) is 4.22. The average molecular weight is 454 g/mol. The van der Waals surface area contributed by atoms with Crippen LogP contribution in [0.15, 0.2) is 30.5 Å². The molecule has 3 heterocycles. The number of ether oxygens (including phenoxy) is 3. The minimum Gasteiger partial charge on any atom is -0.497 e. The summed E-state index contributed by atoms with van der Waals surface area (Å²) in [5.41, 5.74) is 3.85. The SMILES string of the molecule is CNCC(O)COc1cc(OC)cc(-c2cc(N3CCOCC3)n3ncc(C4CC4)c3n2)c1. The summed E-state index contributed by atoms with van der Waals surface area (Å²) in [6.07, 6.45) is 3.75. The lowest BCUT2D eigenvalue weighted by Gasteiger charge is -2.29. The van der Waals surface area contributed by atoms with Gasteiger partial charge in [0.1, 0.15) is 30.0 Å². The highest BCUT2D eigenvalue weighted by molar-refractivity contribution is 5.71. The van der Waals surface area contributed by atoms with Crippen LogP contribution < -0.4 is 19.7 Å². The highest BCUT2D eigenvalue weighted by atomic mass is 16.5. The summed E-state index contributed by atoms with van der Waals surface area (Å²) in [6, 6.07) is 7.82. The number of aliphatic hydroxyl groups is 1. The number of rotatable bonds is 9. The van der Waals surface area contributed by atoms with Crippen LogP contribution in [-0.2, 0) is 4.74 Å². The molecule has 0 bridgehead atoms. The minimum atomic E-state index is -0.597. The van der Waals surface area contributed by atoms with Crippen molar-refractivity contribution in [1.82, 2.24) is 19.9 Å². The van der Waals surface area contributed by atoms with Gasteiger partial charge in [-0.1, -0.05) is 0 Å². The zero-order chi connectivity index (χ0) is 22.8. The van der Waals surface area contributed by atoms with Gasteiger partial charge in [-0.2, -0.15) is 9.61 Å². The maximum absolute atomic E-state index is 10.0. The van der Waals surface area contributed by atoms with Gasteiger partial charge in [0, 0.05) is 42.9 Å². The lowest BCUT2D eigenvalue weighted by Crippen LogP contribution is -2.37. The van der Waals surface area contributed by atoms with Gasteiger partial charge in [-0.15, -0.1) is 0 Å². The van der Waals surface area contributed by atoms with Gasteiger partial charge in [0.2, 0.25) is 0 Å². The Morgan fingerprint density at radius 3 is 2.70 bits per heavy atom. The number of hydrogen-bond acceptors (Lipinski definition) is 8. The molecule has 0 spiro atoms. The van der Waals surface area contributed by atoms with E-state index in [0.717, 1.165) is 35.8 Å². The Morgan fingerprint density at radius 2 is 1.97 bits per heavy atom. The largest absolute Gasteiger partial charge is 0.497 e. The van der Waals surface area contributed by atoms with Crippen LogP contribution in [0, 0.1) is 0 Å². The number of fused-ring (bicyclic) bond motifs is 1. The Balaban J connectivity index is 1.55. The van der Waals surface area contributed by atoms with Crippen molar-refractivity contribution in [3.8, 4) is 22.8 Å². The monoisotopic (exact) mass is 453 g/mol. The smallest absolute Gasteiger partial charge is 0.161 e. The Labute approximate surface area is 193 Å². The molecule has 9 nitrogen and oxygen atoms in total. The van der Waals surface area contributed by atoms with Crippen LogP contribution >= 0.6 is 0 Å². The molecule has 1 aliphatic heterocycles. The van der Waals surface area contributed by atoms with Crippen molar-refractivity contribution in [2.75, 3.05) is 58.5 Å². The molecule has 1 aromatic carbocycles. The third-order valence-electron chi connectivity index (χ3n) is 6.13. The van der Waals surface area contributed by atoms with E-state index >= 15 is 0 Å². The van der Waals surface area contributed by atoms with E-state index < -0.39 is 6.10 Å². The fourth-order valence-corrected chi connectivity index (χ4v) is 4.22. The molecular weight excluding hydrogens is 422 g/mol. The number of aromatic nitrogens is 3. The quantitative estimate of drug-likeness (QED) is 0.509. The molecule has 0 radical (unpaired) electrons. The van der Waals surface area contributed by atoms with Crippen LogP contribution in [0.1, 0.15) is 24.3 Å². The van der Waals surface area contributed by atoms with E-state index in [1.807, 2.05) is 28.9 Å². The Kier molecular flexibility index (Phi) is 6.34. The van der Waals surface area contributed by atoms with Crippen molar-refractivity contribution in [2.45, 2.75) is 24.9 Å². The maximum atomic E-state index is 10.0. The summed E-state index contributed by atoms with van der Waals surface area (Å²) < 4.78 is 18.9. The van der Waals surface area contributed by atoms with Crippen molar-refractivity contribution >= 4 is 11.5 Å². The number of nitrogens with zero attached hydrogens (tertiary/aromatic N) is 4. The van der Waals surface area contributed by atoms with Crippen molar-refractivity contribution in [3.05, 3.63) is 36.0 Å². The number of hydrogen-bond donors (Lipinski definition) is 2. The van der Waals surface area contributed by atoms with Crippen LogP contribution in [0.3, 0.4) is 0 Å². The number of anilines is 1. The van der Waals surface area contributed by atoms with Crippen LogP contribution in [0.25, 0.3) is 16.9 Å². The second kappa shape index (κ2) is 9.54. The Hall–Kier alpha value is -2.88. The minimum absolute atomic E-state index is 0.188. The zero-order valence-corrected chi connectivity index (χ0v) is 19.2. The second-order valence-corrected chi connectivity index (χ2v) is 8.63. The van der Waals surface area contributed by atoms with Gasteiger partial charge < -0.3 is 29.5 Å². The molecule has 9 heteroatoms. The lowest BCUT2D eigenvalue weighted by atomic mass is 10.1. The van der Waals surface area contributed by atoms with Gasteiger partial charge in [-0.05, 0) is 37.9 Å². The van der Waals surface area contributed by atoms with E-state index in [4.69, 9.17) is 24.3 Å². The number of likely N-dealkylation sites (N-methyl/N-ethyl adjacent to an activating group) is 1. The van der Waals surface area contributed by atoms with Crippen molar-refractivity contribution < 1.29 is 19.3 Å². The molecule has 1 atom stereocenters. The Bertz CT molecular complexity index is 1110. The van der Waals surface area contributed by atoms with Gasteiger partial charge in [0.05, 0.1) is 32.2 Å². The van der Waals surface area contributed by atoms with Crippen LogP contribution in [0.4, 0.5) is 5.82 Å². The molecule has 1 saturated heterocycles. The normalized spacial score (nSPS) is 17.4. The third kappa shape index (κ3) is 4.75. The fraction of sp³-hybridized carbons (Fsp3) is 0.500. The van der Waals surface area contributed by atoms with Crippen LogP contribution in [0.5, 0.6) is 11.5 Å². The zero-order valence-electron chi connectivity index (χ0n) is 19.2. The maximum Gasteiger partial charge on any atom is 0.161 e. The first-order chi connectivity index (χ1) is 16.2. The Morgan fingerprint density at radius 1 is 1.18 bits per heavy atom. The van der Waals surface area contributed by atoms with Gasteiger partial charge in [-0.3, -0.25) is 0 Å². The van der Waals surface area contributed by atoms with E-state index in [0.29, 0.717) is 37.2 Å². The first-order valence-corrected chi connectivity index (χ1v) is 11.5. The number of methoxy groups -OCH3 is 1. The van der Waals surface area contributed by atoms with E-state index in [1.54, 1.807) is 14.2 Å². The summed E-state index contributed by atoms with van der Waals surface area (Å²) in [6.45, 7) is 3.67. The summed E-state index contributed by atoms with van der Waals surface area (Å²) in [4.78, 5) is 7.34. The molecule has 2 aromatic heterocycles. The average Bonchev–Trinajstić information content (AvgIpc) is 3.61. The predicted molar refractivity (Wildman–Crippen MR) is 125 cm³/mol. The predicted octanol–water partition coefficient (Wildman–Crippen LogP) is 2.08. The highest BCUT2D eigenvalue weighted by Crippen LogP contribution is 2.42. The van der Waals surface area contributed by atoms with Gasteiger partial charge in [-0.25, -0.2) is 4.98 Å². The van der Waals surface area contributed by atoms with Crippen LogP contribution in [-0.4, -0.2) is 79.4 Å². The van der Waals surface area contributed by atoms with Gasteiger partial charge >= 0.3 is 0 Å². The van der Waals surface area contributed by atoms with Crippen molar-refractivity contribution in [2.24, 2.45) is 0 Å². The standard InChI is InChI=1S/C24H31N5O4/c1-25-13-18(30)15-33-20-10-17(9-19(11-20)31-2)22-12-23(28-5-7-32-8-6-28)29-24(27-22)21(14-26-29)16-3-4-16/h9-12,14,16,18,25,30H,3-8,13,15H2,1-2H3. The molecule has 5 rings (SSSR count). The second-order valence-electron chi connectivity index (χ2n) is 8.63. The summed E-state index contributed by atoms with van der Waals surface area (Å²) in [5, 5.41) is 17.7. The first-order valence-electron chi connectivity index (χ1n) is 11.5. The summed E-state index contributed by atoms with van der Waals surface area (Å²) in [5.74, 6) is 2.86. The molecule has 33 heavy (non-hydrogen) atoms. The van der Waals surface area contributed by atoms with E-state index in [2.05, 4.69) is 16.3 Å². The molecule has 3 aromatic rings. The number of morpholine rings is 1. The van der Waals surface area contributed by atoms with Crippen molar-refractivity contribution in [1.29, 1.82) is 0 Å². The first kappa shape index (κ1) is 21.9. The molecule has 2 aliphatic rings.